The highest BCUT2D eigenvalue weighted by molar-refractivity contribution is 5.93. The van der Waals surface area contributed by atoms with Crippen molar-refractivity contribution in [3.63, 3.8) is 0 Å². The van der Waals surface area contributed by atoms with Crippen LogP contribution in [0.3, 0.4) is 0 Å². The second kappa shape index (κ2) is 8.39. The van der Waals surface area contributed by atoms with Crippen LogP contribution in [0.25, 0.3) is 0 Å². The van der Waals surface area contributed by atoms with Crippen molar-refractivity contribution in [1.29, 1.82) is 0 Å². The fourth-order valence-corrected chi connectivity index (χ4v) is 3.19. The third-order valence-electron chi connectivity index (χ3n) is 4.54. The molecule has 7 nitrogen and oxygen atoms in total. The van der Waals surface area contributed by atoms with Crippen LogP contribution in [0.4, 0.5) is 5.82 Å². The van der Waals surface area contributed by atoms with Crippen LogP contribution in [0.15, 0.2) is 6.07 Å². The van der Waals surface area contributed by atoms with E-state index in [1.807, 2.05) is 11.8 Å². The molecule has 0 spiro atoms. The number of morpholine rings is 1. The monoisotopic (exact) mass is 333 g/mol. The Labute approximate surface area is 143 Å². The number of hydrogen-bond donors (Lipinski definition) is 1. The van der Waals surface area contributed by atoms with E-state index in [-0.39, 0.29) is 5.91 Å². The van der Waals surface area contributed by atoms with Gasteiger partial charge in [-0.2, -0.15) is 0 Å². The van der Waals surface area contributed by atoms with Gasteiger partial charge in [-0.3, -0.25) is 9.69 Å². The minimum absolute atomic E-state index is 0.0245. The first-order valence-corrected chi connectivity index (χ1v) is 8.91. The van der Waals surface area contributed by atoms with E-state index in [1.54, 1.807) is 6.07 Å². The van der Waals surface area contributed by atoms with E-state index in [0.717, 1.165) is 71.1 Å². The number of nitrogens with one attached hydrogen (secondary N) is 1. The topological polar surface area (TPSA) is 70.6 Å². The number of carbonyl (C=O) groups excluding carboxylic acids is 1. The van der Waals surface area contributed by atoms with Gasteiger partial charge in [0.15, 0.2) is 0 Å². The molecule has 2 aliphatic heterocycles. The van der Waals surface area contributed by atoms with Gasteiger partial charge >= 0.3 is 0 Å². The molecular weight excluding hydrogens is 306 g/mol. The third kappa shape index (κ3) is 4.64. The lowest BCUT2D eigenvalue weighted by Gasteiger charge is -2.27. The number of aryl methyl sites for hydroxylation is 1. The highest BCUT2D eigenvalue weighted by Gasteiger charge is 2.20. The predicted molar refractivity (Wildman–Crippen MR) is 92.3 cm³/mol. The molecular formula is C17H27N5O2. The third-order valence-corrected chi connectivity index (χ3v) is 4.54. The number of aromatic nitrogens is 2. The van der Waals surface area contributed by atoms with Crippen LogP contribution in [0.2, 0.25) is 0 Å². The molecule has 24 heavy (non-hydrogen) atoms. The number of nitrogens with zero attached hydrogens (tertiary/aromatic N) is 4. The van der Waals surface area contributed by atoms with Crippen molar-refractivity contribution in [2.45, 2.75) is 26.2 Å². The quantitative estimate of drug-likeness (QED) is 0.872. The average molecular weight is 333 g/mol. The van der Waals surface area contributed by atoms with Gasteiger partial charge in [-0.25, -0.2) is 9.97 Å². The molecule has 1 aromatic heterocycles. The average Bonchev–Trinajstić information content (AvgIpc) is 2.62. The van der Waals surface area contributed by atoms with Gasteiger partial charge in [-0.05, 0) is 26.2 Å². The molecule has 2 fully saturated rings. The molecule has 2 saturated heterocycles. The molecule has 3 rings (SSSR count). The summed E-state index contributed by atoms with van der Waals surface area (Å²) in [6.07, 6.45) is 3.38. The van der Waals surface area contributed by atoms with E-state index in [4.69, 9.17) is 4.74 Å². The number of carbonyl (C=O) groups is 1. The van der Waals surface area contributed by atoms with Crippen molar-refractivity contribution in [3.8, 4) is 0 Å². The molecule has 1 aromatic rings. The Morgan fingerprint density at radius 3 is 2.67 bits per heavy atom. The van der Waals surface area contributed by atoms with E-state index in [2.05, 4.69) is 20.2 Å². The van der Waals surface area contributed by atoms with E-state index in [0.29, 0.717) is 11.5 Å². The normalized spacial score (nSPS) is 19.3. The number of piperidine rings is 1. The van der Waals surface area contributed by atoms with Gasteiger partial charge in [0.25, 0.3) is 5.91 Å². The van der Waals surface area contributed by atoms with Gasteiger partial charge < -0.3 is 15.0 Å². The Hall–Kier alpha value is -1.73. The Morgan fingerprint density at radius 1 is 1.17 bits per heavy atom. The zero-order valence-corrected chi connectivity index (χ0v) is 14.5. The maximum atomic E-state index is 12.6. The fourth-order valence-electron chi connectivity index (χ4n) is 3.19. The van der Waals surface area contributed by atoms with Crippen molar-refractivity contribution in [2.75, 3.05) is 57.8 Å². The van der Waals surface area contributed by atoms with E-state index < -0.39 is 0 Å². The summed E-state index contributed by atoms with van der Waals surface area (Å²) in [7, 11) is 0. The van der Waals surface area contributed by atoms with Crippen LogP contribution in [-0.4, -0.2) is 78.2 Å². The van der Waals surface area contributed by atoms with Gasteiger partial charge in [-0.1, -0.05) is 0 Å². The van der Waals surface area contributed by atoms with Crippen molar-refractivity contribution in [2.24, 2.45) is 0 Å². The Morgan fingerprint density at radius 2 is 1.92 bits per heavy atom. The number of likely N-dealkylation sites (tertiary alicyclic amines) is 1. The first kappa shape index (κ1) is 17.1. The first-order chi connectivity index (χ1) is 11.7. The summed E-state index contributed by atoms with van der Waals surface area (Å²) < 4.78 is 5.35. The molecule has 0 aromatic carbocycles. The molecule has 2 aliphatic rings. The summed E-state index contributed by atoms with van der Waals surface area (Å²) in [6.45, 7) is 8.81. The van der Waals surface area contributed by atoms with Crippen molar-refractivity contribution in [3.05, 3.63) is 17.6 Å². The first-order valence-electron chi connectivity index (χ1n) is 8.91. The molecule has 1 amide bonds. The van der Waals surface area contributed by atoms with E-state index >= 15 is 0 Å². The maximum absolute atomic E-state index is 12.6. The second-order valence-corrected chi connectivity index (χ2v) is 6.42. The molecule has 132 valence electrons. The van der Waals surface area contributed by atoms with Crippen molar-refractivity contribution in [1.82, 2.24) is 19.8 Å². The molecule has 0 saturated carbocycles. The molecule has 0 bridgehead atoms. The van der Waals surface area contributed by atoms with Gasteiger partial charge in [0.2, 0.25) is 0 Å². The number of anilines is 1. The van der Waals surface area contributed by atoms with Crippen molar-refractivity contribution >= 4 is 11.7 Å². The minimum Gasteiger partial charge on any atom is -0.379 e. The zero-order valence-electron chi connectivity index (χ0n) is 14.5. The van der Waals surface area contributed by atoms with Gasteiger partial charge in [-0.15, -0.1) is 0 Å². The highest BCUT2D eigenvalue weighted by atomic mass is 16.5. The summed E-state index contributed by atoms with van der Waals surface area (Å²) in [6, 6.07) is 1.78. The Balaban J connectivity index is 1.57. The molecule has 0 unspecified atom stereocenters. The predicted octanol–water partition coefficient (Wildman–Crippen LogP) is 1.16. The van der Waals surface area contributed by atoms with Gasteiger partial charge in [0.05, 0.1) is 13.2 Å². The maximum Gasteiger partial charge on any atom is 0.272 e. The number of ether oxygens (including phenoxy) is 1. The van der Waals surface area contributed by atoms with Crippen LogP contribution >= 0.6 is 0 Å². The standard InChI is InChI=1S/C17H27N5O2/c1-14-19-15(17(23)22-6-3-2-4-7-22)13-16(20-14)18-5-8-21-9-11-24-12-10-21/h13H,2-12H2,1H3,(H,18,19,20). The zero-order chi connectivity index (χ0) is 16.8. The lowest BCUT2D eigenvalue weighted by atomic mass is 10.1. The summed E-state index contributed by atoms with van der Waals surface area (Å²) in [5, 5.41) is 3.33. The van der Waals surface area contributed by atoms with E-state index in [1.165, 1.54) is 6.42 Å². The lowest BCUT2D eigenvalue weighted by molar-refractivity contribution is 0.0398. The van der Waals surface area contributed by atoms with Gasteiger partial charge in [0, 0.05) is 45.3 Å². The molecule has 7 heteroatoms. The molecule has 3 heterocycles. The largest absolute Gasteiger partial charge is 0.379 e. The summed E-state index contributed by atoms with van der Waals surface area (Å²) >= 11 is 0. The van der Waals surface area contributed by atoms with Gasteiger partial charge in [0.1, 0.15) is 17.3 Å². The number of rotatable bonds is 5. The molecule has 0 aliphatic carbocycles. The van der Waals surface area contributed by atoms with Crippen LogP contribution in [0.1, 0.15) is 35.6 Å². The van der Waals surface area contributed by atoms with Crippen LogP contribution in [-0.2, 0) is 4.74 Å². The molecule has 1 N–H and O–H groups in total. The summed E-state index contributed by atoms with van der Waals surface area (Å²) in [5.41, 5.74) is 0.498. The summed E-state index contributed by atoms with van der Waals surface area (Å²) in [4.78, 5) is 25.6. The highest BCUT2D eigenvalue weighted by Crippen LogP contribution is 2.14. The summed E-state index contributed by atoms with van der Waals surface area (Å²) in [5.74, 6) is 1.39. The SMILES string of the molecule is Cc1nc(NCCN2CCOCC2)cc(C(=O)N2CCCCC2)n1. The van der Waals surface area contributed by atoms with Crippen LogP contribution in [0, 0.1) is 6.92 Å². The minimum atomic E-state index is 0.0245. The molecule has 0 radical (unpaired) electrons. The lowest BCUT2D eigenvalue weighted by Crippen LogP contribution is -2.39. The Bertz CT molecular complexity index is 554. The number of hydrogen-bond acceptors (Lipinski definition) is 6. The van der Waals surface area contributed by atoms with Crippen LogP contribution < -0.4 is 5.32 Å². The number of amides is 1. The Kier molecular flexibility index (Phi) is 5.98. The van der Waals surface area contributed by atoms with Crippen molar-refractivity contribution < 1.29 is 9.53 Å². The fraction of sp³-hybridized carbons (Fsp3) is 0.706. The molecule has 0 atom stereocenters. The van der Waals surface area contributed by atoms with E-state index in [9.17, 15) is 4.79 Å². The van der Waals surface area contributed by atoms with Crippen LogP contribution in [0.5, 0.6) is 0 Å². The smallest absolute Gasteiger partial charge is 0.272 e. The second-order valence-electron chi connectivity index (χ2n) is 6.42.